The maximum Gasteiger partial charge on any atom is 0.232 e. The van der Waals surface area contributed by atoms with Crippen LogP contribution in [0, 0.1) is 19.8 Å². The van der Waals surface area contributed by atoms with Gasteiger partial charge in [-0.15, -0.1) is 0 Å². The first-order valence-corrected chi connectivity index (χ1v) is 12.5. The van der Waals surface area contributed by atoms with E-state index in [1.54, 1.807) is 0 Å². The van der Waals surface area contributed by atoms with Gasteiger partial charge in [-0.05, 0) is 81.8 Å². The third kappa shape index (κ3) is 8.34. The number of piperidine rings is 1. The number of carbonyl (C=O) groups is 1. The molecule has 1 fully saturated rings. The molecule has 2 rings (SSSR count). The second kappa shape index (κ2) is 11.0. The number of anilines is 1. The molecule has 0 saturated carbocycles. The predicted octanol–water partition coefficient (Wildman–Crippen LogP) is 3.09. The van der Waals surface area contributed by atoms with Crippen molar-refractivity contribution in [2.24, 2.45) is 5.92 Å². The standard InChI is InChI=1S/C22H37N3O3S/c1-18-8-5-11-24(17-18)12-7-10-23-22(26)9-6-13-25(29(4,27)28)21-15-19(2)14-20(3)16-21/h14-16,18H,5-13,17H2,1-4H3,(H,23,26). The second-order valence-corrected chi connectivity index (χ2v) is 10.4. The first kappa shape index (κ1) is 23.7. The van der Waals surface area contributed by atoms with Crippen molar-refractivity contribution in [3.8, 4) is 0 Å². The molecule has 7 heteroatoms. The van der Waals surface area contributed by atoms with Gasteiger partial charge in [0.1, 0.15) is 0 Å². The lowest BCUT2D eigenvalue weighted by Crippen LogP contribution is -2.36. The lowest BCUT2D eigenvalue weighted by Gasteiger charge is -2.30. The topological polar surface area (TPSA) is 69.7 Å². The van der Waals surface area contributed by atoms with Crippen LogP contribution in [0.4, 0.5) is 5.69 Å². The number of sulfonamides is 1. The summed E-state index contributed by atoms with van der Waals surface area (Å²) in [6.45, 7) is 10.5. The molecule has 1 N–H and O–H groups in total. The summed E-state index contributed by atoms with van der Waals surface area (Å²) in [5.74, 6) is 0.763. The van der Waals surface area contributed by atoms with E-state index in [0.717, 1.165) is 43.1 Å². The molecule has 0 aliphatic carbocycles. The van der Waals surface area contributed by atoms with Crippen molar-refractivity contribution in [2.45, 2.75) is 52.9 Å². The van der Waals surface area contributed by atoms with Crippen LogP contribution in [0.3, 0.4) is 0 Å². The van der Waals surface area contributed by atoms with Crippen LogP contribution in [-0.4, -0.2) is 58.2 Å². The Balaban J connectivity index is 1.74. The zero-order chi connectivity index (χ0) is 21.4. The van der Waals surface area contributed by atoms with Gasteiger partial charge in [0, 0.05) is 26.1 Å². The van der Waals surface area contributed by atoms with Crippen LogP contribution < -0.4 is 9.62 Å². The van der Waals surface area contributed by atoms with Crippen LogP contribution in [-0.2, 0) is 14.8 Å². The van der Waals surface area contributed by atoms with Gasteiger partial charge in [0.25, 0.3) is 0 Å². The number of nitrogens with one attached hydrogen (secondary N) is 1. The molecule has 0 spiro atoms. The zero-order valence-electron chi connectivity index (χ0n) is 18.4. The molecular formula is C22H37N3O3S. The number of rotatable bonds is 10. The SMILES string of the molecule is Cc1cc(C)cc(N(CCCC(=O)NCCCN2CCCC(C)C2)S(C)(=O)=O)c1. The Morgan fingerprint density at radius 1 is 1.21 bits per heavy atom. The quantitative estimate of drug-likeness (QED) is 0.587. The maximum atomic E-state index is 12.2. The lowest BCUT2D eigenvalue weighted by molar-refractivity contribution is -0.121. The molecule has 1 aliphatic rings. The molecule has 0 radical (unpaired) electrons. The van der Waals surface area contributed by atoms with Crippen LogP contribution in [0.5, 0.6) is 0 Å². The number of benzene rings is 1. The lowest BCUT2D eigenvalue weighted by atomic mass is 10.0. The van der Waals surface area contributed by atoms with Crippen molar-refractivity contribution in [1.29, 1.82) is 0 Å². The van der Waals surface area contributed by atoms with Gasteiger partial charge >= 0.3 is 0 Å². The Morgan fingerprint density at radius 3 is 2.52 bits per heavy atom. The Morgan fingerprint density at radius 2 is 1.90 bits per heavy atom. The molecule has 1 heterocycles. The fraction of sp³-hybridized carbons (Fsp3) is 0.682. The van der Waals surface area contributed by atoms with Crippen molar-refractivity contribution in [1.82, 2.24) is 10.2 Å². The minimum atomic E-state index is -3.39. The van der Waals surface area contributed by atoms with Gasteiger partial charge in [-0.3, -0.25) is 9.10 Å². The molecule has 164 valence electrons. The van der Waals surface area contributed by atoms with E-state index in [1.165, 1.54) is 23.4 Å². The highest BCUT2D eigenvalue weighted by molar-refractivity contribution is 7.92. The van der Waals surface area contributed by atoms with E-state index in [0.29, 0.717) is 31.6 Å². The van der Waals surface area contributed by atoms with Crippen LogP contribution in [0.2, 0.25) is 0 Å². The first-order chi connectivity index (χ1) is 13.6. The summed E-state index contributed by atoms with van der Waals surface area (Å²) in [7, 11) is -3.39. The number of aryl methyl sites for hydroxylation is 2. The van der Waals surface area contributed by atoms with Gasteiger partial charge < -0.3 is 10.2 Å². The van der Waals surface area contributed by atoms with Gasteiger partial charge in [0.2, 0.25) is 15.9 Å². The Labute approximate surface area is 176 Å². The van der Waals surface area contributed by atoms with Crippen molar-refractivity contribution >= 4 is 21.6 Å². The van der Waals surface area contributed by atoms with Crippen molar-refractivity contribution in [3.63, 3.8) is 0 Å². The highest BCUT2D eigenvalue weighted by Gasteiger charge is 2.18. The van der Waals surface area contributed by atoms with E-state index in [1.807, 2.05) is 32.0 Å². The second-order valence-electron chi connectivity index (χ2n) is 8.54. The molecule has 1 unspecified atom stereocenters. The van der Waals surface area contributed by atoms with Crippen LogP contribution in [0.15, 0.2) is 18.2 Å². The molecule has 6 nitrogen and oxygen atoms in total. The number of likely N-dealkylation sites (tertiary alicyclic amines) is 1. The first-order valence-electron chi connectivity index (χ1n) is 10.7. The molecular weight excluding hydrogens is 386 g/mol. The minimum Gasteiger partial charge on any atom is -0.356 e. The maximum absolute atomic E-state index is 12.2. The van der Waals surface area contributed by atoms with E-state index < -0.39 is 10.0 Å². The average Bonchev–Trinajstić information content (AvgIpc) is 2.60. The molecule has 29 heavy (non-hydrogen) atoms. The van der Waals surface area contributed by atoms with E-state index in [2.05, 4.69) is 17.1 Å². The van der Waals surface area contributed by atoms with Gasteiger partial charge in [0.05, 0.1) is 11.9 Å². The fourth-order valence-corrected chi connectivity index (χ4v) is 5.02. The summed E-state index contributed by atoms with van der Waals surface area (Å²) in [6.07, 6.45) is 5.58. The third-order valence-electron chi connectivity index (χ3n) is 5.37. The van der Waals surface area contributed by atoms with Gasteiger partial charge in [-0.2, -0.15) is 0 Å². The molecule has 1 aliphatic heterocycles. The molecule has 1 amide bonds. The van der Waals surface area contributed by atoms with E-state index in [9.17, 15) is 13.2 Å². The summed E-state index contributed by atoms with van der Waals surface area (Å²) in [5, 5.41) is 2.97. The number of amides is 1. The van der Waals surface area contributed by atoms with Crippen LogP contribution in [0.1, 0.15) is 50.2 Å². The highest BCUT2D eigenvalue weighted by Crippen LogP contribution is 2.22. The van der Waals surface area contributed by atoms with Crippen molar-refractivity contribution < 1.29 is 13.2 Å². The Kier molecular flexibility index (Phi) is 8.96. The Hall–Kier alpha value is -1.60. The summed E-state index contributed by atoms with van der Waals surface area (Å²) in [6, 6.07) is 5.76. The van der Waals surface area contributed by atoms with E-state index >= 15 is 0 Å². The van der Waals surface area contributed by atoms with E-state index in [-0.39, 0.29) is 5.91 Å². The van der Waals surface area contributed by atoms with E-state index in [4.69, 9.17) is 0 Å². The highest BCUT2D eigenvalue weighted by atomic mass is 32.2. The summed E-state index contributed by atoms with van der Waals surface area (Å²) < 4.78 is 25.9. The van der Waals surface area contributed by atoms with Crippen LogP contribution >= 0.6 is 0 Å². The molecule has 1 atom stereocenters. The number of hydrogen-bond donors (Lipinski definition) is 1. The monoisotopic (exact) mass is 423 g/mol. The fourth-order valence-electron chi connectivity index (χ4n) is 4.07. The molecule has 1 saturated heterocycles. The number of nitrogens with zero attached hydrogens (tertiary/aromatic N) is 2. The summed E-state index contributed by atoms with van der Waals surface area (Å²) in [5.41, 5.74) is 2.71. The van der Waals surface area contributed by atoms with Crippen molar-refractivity contribution in [3.05, 3.63) is 29.3 Å². The average molecular weight is 424 g/mol. The summed E-state index contributed by atoms with van der Waals surface area (Å²) >= 11 is 0. The number of carbonyl (C=O) groups excluding carboxylic acids is 1. The molecule has 0 aromatic heterocycles. The zero-order valence-corrected chi connectivity index (χ0v) is 19.2. The van der Waals surface area contributed by atoms with Crippen molar-refractivity contribution in [2.75, 3.05) is 43.3 Å². The molecule has 0 bridgehead atoms. The summed E-state index contributed by atoms with van der Waals surface area (Å²) in [4.78, 5) is 14.6. The minimum absolute atomic E-state index is 0.00844. The predicted molar refractivity (Wildman–Crippen MR) is 120 cm³/mol. The van der Waals surface area contributed by atoms with Gasteiger partial charge in [-0.25, -0.2) is 8.42 Å². The molecule has 1 aromatic carbocycles. The number of hydrogen-bond acceptors (Lipinski definition) is 4. The van der Waals surface area contributed by atoms with Gasteiger partial charge in [-0.1, -0.05) is 13.0 Å². The van der Waals surface area contributed by atoms with Crippen LogP contribution in [0.25, 0.3) is 0 Å². The van der Waals surface area contributed by atoms with Gasteiger partial charge in [0.15, 0.2) is 0 Å². The Bertz CT molecular complexity index is 759. The largest absolute Gasteiger partial charge is 0.356 e. The normalized spacial score (nSPS) is 17.9. The molecule has 1 aromatic rings. The smallest absolute Gasteiger partial charge is 0.232 e. The third-order valence-corrected chi connectivity index (χ3v) is 6.57.